The number of rotatable bonds is 5. The van der Waals surface area contributed by atoms with E-state index in [1.54, 1.807) is 6.20 Å². The molecule has 0 aliphatic carbocycles. The lowest BCUT2D eigenvalue weighted by molar-refractivity contribution is 0.212. The molecule has 0 atom stereocenters. The molecule has 0 saturated carbocycles. The minimum absolute atomic E-state index is 0.149. The van der Waals surface area contributed by atoms with Crippen LogP contribution in [0.5, 0.6) is 0 Å². The van der Waals surface area contributed by atoms with E-state index in [2.05, 4.69) is 47.4 Å². The van der Waals surface area contributed by atoms with Crippen LogP contribution in [0.4, 0.5) is 5.82 Å². The highest BCUT2D eigenvalue weighted by atomic mass is 15.1. The van der Waals surface area contributed by atoms with Crippen LogP contribution < -0.4 is 5.73 Å². The summed E-state index contributed by atoms with van der Waals surface area (Å²) in [4.78, 5) is 10.6. The second-order valence-corrected chi connectivity index (χ2v) is 6.24. The molecule has 0 spiro atoms. The molecule has 108 valence electrons. The van der Waals surface area contributed by atoms with E-state index in [-0.39, 0.29) is 5.41 Å². The van der Waals surface area contributed by atoms with Crippen LogP contribution in [0.2, 0.25) is 0 Å². The number of nitrogens with zero attached hydrogens (tertiary/aromatic N) is 4. The molecule has 0 unspecified atom stereocenters. The van der Waals surface area contributed by atoms with Crippen molar-refractivity contribution >= 4 is 5.82 Å². The standard InChI is InChI=1S/C15H23N5/c1-15(2,9-19(3)4)10-20-11-17-8-13(20)12-6-5-7-18-14(12)16/h5-8,11H,9-10H2,1-4H3,(H2,16,18). The predicted molar refractivity (Wildman–Crippen MR) is 82.2 cm³/mol. The molecular formula is C15H23N5. The van der Waals surface area contributed by atoms with Crippen LogP contribution in [-0.4, -0.2) is 40.1 Å². The van der Waals surface area contributed by atoms with Gasteiger partial charge in [-0.25, -0.2) is 9.97 Å². The zero-order valence-electron chi connectivity index (χ0n) is 12.7. The Hall–Kier alpha value is -1.88. The van der Waals surface area contributed by atoms with Gasteiger partial charge in [-0.3, -0.25) is 0 Å². The maximum atomic E-state index is 5.96. The second-order valence-electron chi connectivity index (χ2n) is 6.24. The Kier molecular flexibility index (Phi) is 4.09. The third kappa shape index (κ3) is 3.36. The predicted octanol–water partition coefficient (Wildman–Crippen LogP) is 2.12. The number of hydrogen-bond donors (Lipinski definition) is 1. The molecule has 5 nitrogen and oxygen atoms in total. The number of hydrogen-bond acceptors (Lipinski definition) is 4. The molecule has 5 heteroatoms. The number of anilines is 1. The van der Waals surface area contributed by atoms with E-state index in [9.17, 15) is 0 Å². The number of aromatic nitrogens is 3. The van der Waals surface area contributed by atoms with Gasteiger partial charge < -0.3 is 15.2 Å². The summed E-state index contributed by atoms with van der Waals surface area (Å²) >= 11 is 0. The summed E-state index contributed by atoms with van der Waals surface area (Å²) < 4.78 is 2.15. The topological polar surface area (TPSA) is 60.0 Å². The molecular weight excluding hydrogens is 250 g/mol. The van der Waals surface area contributed by atoms with E-state index in [0.717, 1.165) is 24.3 Å². The third-order valence-electron chi connectivity index (χ3n) is 3.17. The van der Waals surface area contributed by atoms with Gasteiger partial charge in [-0.05, 0) is 31.6 Å². The van der Waals surface area contributed by atoms with Gasteiger partial charge in [0, 0.05) is 24.8 Å². The summed E-state index contributed by atoms with van der Waals surface area (Å²) in [6, 6.07) is 3.88. The van der Waals surface area contributed by atoms with Crippen LogP contribution in [0.1, 0.15) is 13.8 Å². The van der Waals surface area contributed by atoms with Crippen LogP contribution in [0.3, 0.4) is 0 Å². The number of nitrogens with two attached hydrogens (primary N) is 1. The first-order valence-corrected chi connectivity index (χ1v) is 6.75. The van der Waals surface area contributed by atoms with Crippen LogP contribution in [0, 0.1) is 5.41 Å². The van der Waals surface area contributed by atoms with E-state index in [1.807, 2.05) is 24.7 Å². The van der Waals surface area contributed by atoms with Gasteiger partial charge in [0.05, 0.1) is 18.2 Å². The minimum atomic E-state index is 0.149. The Morgan fingerprint density at radius 3 is 2.75 bits per heavy atom. The fourth-order valence-corrected chi connectivity index (χ4v) is 2.67. The molecule has 20 heavy (non-hydrogen) atoms. The van der Waals surface area contributed by atoms with Gasteiger partial charge in [-0.15, -0.1) is 0 Å². The van der Waals surface area contributed by atoms with Gasteiger partial charge in [0.15, 0.2) is 0 Å². The summed E-state index contributed by atoms with van der Waals surface area (Å²) in [5.74, 6) is 0.541. The Bertz CT molecular complexity index is 571. The smallest absolute Gasteiger partial charge is 0.132 e. The van der Waals surface area contributed by atoms with Crippen LogP contribution in [-0.2, 0) is 6.54 Å². The first-order chi connectivity index (χ1) is 9.39. The molecule has 2 aromatic heterocycles. The molecule has 0 radical (unpaired) electrons. The summed E-state index contributed by atoms with van der Waals surface area (Å²) in [6.07, 6.45) is 5.41. The van der Waals surface area contributed by atoms with Gasteiger partial charge in [0.1, 0.15) is 5.82 Å². The van der Waals surface area contributed by atoms with E-state index >= 15 is 0 Å². The molecule has 2 aromatic rings. The molecule has 0 saturated heterocycles. The fraction of sp³-hybridized carbons (Fsp3) is 0.467. The average Bonchev–Trinajstić information content (AvgIpc) is 2.75. The average molecular weight is 273 g/mol. The van der Waals surface area contributed by atoms with Crippen LogP contribution in [0.15, 0.2) is 30.9 Å². The lowest BCUT2D eigenvalue weighted by atomic mass is 9.92. The summed E-state index contributed by atoms with van der Waals surface area (Å²) in [5.41, 5.74) is 8.07. The molecule has 0 aromatic carbocycles. The molecule has 2 N–H and O–H groups in total. The van der Waals surface area contributed by atoms with Gasteiger partial charge in [-0.2, -0.15) is 0 Å². The van der Waals surface area contributed by atoms with Gasteiger partial charge in [0.2, 0.25) is 0 Å². The number of nitrogen functional groups attached to an aromatic ring is 1. The molecule has 2 rings (SSSR count). The van der Waals surface area contributed by atoms with Crippen molar-refractivity contribution in [2.45, 2.75) is 20.4 Å². The summed E-state index contributed by atoms with van der Waals surface area (Å²) in [5, 5.41) is 0. The molecule has 0 amide bonds. The fourth-order valence-electron chi connectivity index (χ4n) is 2.67. The molecule has 0 bridgehead atoms. The zero-order chi connectivity index (χ0) is 14.8. The largest absolute Gasteiger partial charge is 0.383 e. The lowest BCUT2D eigenvalue weighted by Crippen LogP contribution is -2.32. The van der Waals surface area contributed by atoms with Crippen molar-refractivity contribution in [3.05, 3.63) is 30.9 Å². The van der Waals surface area contributed by atoms with Crippen molar-refractivity contribution in [3.8, 4) is 11.3 Å². The minimum Gasteiger partial charge on any atom is -0.383 e. The van der Waals surface area contributed by atoms with Gasteiger partial charge >= 0.3 is 0 Å². The van der Waals surface area contributed by atoms with Crippen molar-refractivity contribution in [2.24, 2.45) is 5.41 Å². The third-order valence-corrected chi connectivity index (χ3v) is 3.17. The van der Waals surface area contributed by atoms with Gasteiger partial charge in [-0.1, -0.05) is 13.8 Å². The highest BCUT2D eigenvalue weighted by Gasteiger charge is 2.21. The van der Waals surface area contributed by atoms with Gasteiger partial charge in [0.25, 0.3) is 0 Å². The van der Waals surface area contributed by atoms with Crippen molar-refractivity contribution in [1.29, 1.82) is 0 Å². The number of pyridine rings is 1. The van der Waals surface area contributed by atoms with Crippen LogP contribution in [0.25, 0.3) is 11.3 Å². The Balaban J connectivity index is 2.28. The monoisotopic (exact) mass is 273 g/mol. The van der Waals surface area contributed by atoms with Crippen LogP contribution >= 0.6 is 0 Å². The van der Waals surface area contributed by atoms with Crippen molar-refractivity contribution < 1.29 is 0 Å². The van der Waals surface area contributed by atoms with Crippen molar-refractivity contribution in [3.63, 3.8) is 0 Å². The molecule has 0 aliphatic rings. The van der Waals surface area contributed by atoms with E-state index in [0.29, 0.717) is 5.82 Å². The highest BCUT2D eigenvalue weighted by molar-refractivity contribution is 5.70. The SMILES string of the molecule is CN(C)CC(C)(C)Cn1cncc1-c1cccnc1N. The lowest BCUT2D eigenvalue weighted by Gasteiger charge is -2.29. The second kappa shape index (κ2) is 5.63. The first kappa shape index (κ1) is 14.5. The Morgan fingerprint density at radius 1 is 1.35 bits per heavy atom. The maximum absolute atomic E-state index is 5.96. The molecule has 2 heterocycles. The zero-order valence-corrected chi connectivity index (χ0v) is 12.7. The van der Waals surface area contributed by atoms with Crippen molar-refractivity contribution in [2.75, 3.05) is 26.4 Å². The Morgan fingerprint density at radius 2 is 2.10 bits per heavy atom. The summed E-state index contributed by atoms with van der Waals surface area (Å²) in [6.45, 7) is 6.40. The quantitative estimate of drug-likeness (QED) is 0.906. The maximum Gasteiger partial charge on any atom is 0.132 e. The molecule has 0 aliphatic heterocycles. The van der Waals surface area contributed by atoms with E-state index in [4.69, 9.17) is 5.73 Å². The highest BCUT2D eigenvalue weighted by Crippen LogP contribution is 2.27. The molecule has 0 fully saturated rings. The van der Waals surface area contributed by atoms with E-state index in [1.165, 1.54) is 0 Å². The normalized spacial score (nSPS) is 12.1. The summed E-state index contributed by atoms with van der Waals surface area (Å²) in [7, 11) is 4.19. The Labute approximate surface area is 120 Å². The van der Waals surface area contributed by atoms with Crippen molar-refractivity contribution in [1.82, 2.24) is 19.4 Å². The number of imidazole rings is 1. The van der Waals surface area contributed by atoms with E-state index < -0.39 is 0 Å². The first-order valence-electron chi connectivity index (χ1n) is 6.75.